The van der Waals surface area contributed by atoms with Crippen LogP contribution >= 0.6 is 11.6 Å². The molecule has 0 aromatic carbocycles. The Morgan fingerprint density at radius 1 is 1.50 bits per heavy atom. The number of carbonyl (C=O) groups is 2. The number of hydrogen-bond donors (Lipinski definition) is 1. The second kappa shape index (κ2) is 4.02. The Morgan fingerprint density at radius 3 is 2.89 bits per heavy atom. The van der Waals surface area contributed by atoms with Gasteiger partial charge in [-0.15, -0.1) is 11.6 Å². The van der Waals surface area contributed by atoms with E-state index in [1.165, 1.54) is 0 Å². The minimum atomic E-state index is -0.682. The molecule has 2 fully saturated rings. The first kappa shape index (κ1) is 11.6. The van der Waals surface area contributed by atoms with E-state index in [-0.39, 0.29) is 18.4 Å². The van der Waals surface area contributed by atoms with Crippen LogP contribution in [0.2, 0.25) is 0 Å². The van der Waals surface area contributed by atoms with E-state index in [0.29, 0.717) is 12.3 Å². The SMILES string of the molecule is O=C1NCC(=O)N(Cc2ccco2)C2(CC2)C1Cl. The molecule has 1 N–H and O–H groups in total. The van der Waals surface area contributed by atoms with Crippen LogP contribution in [0.5, 0.6) is 0 Å². The van der Waals surface area contributed by atoms with Gasteiger partial charge in [-0.05, 0) is 25.0 Å². The fourth-order valence-corrected chi connectivity index (χ4v) is 2.85. The summed E-state index contributed by atoms with van der Waals surface area (Å²) in [6.45, 7) is 0.370. The van der Waals surface area contributed by atoms with Crippen LogP contribution in [-0.4, -0.2) is 34.2 Å². The lowest BCUT2D eigenvalue weighted by Crippen LogP contribution is -2.47. The first-order valence-corrected chi connectivity index (χ1v) is 6.32. The van der Waals surface area contributed by atoms with E-state index in [2.05, 4.69) is 5.32 Å². The highest BCUT2D eigenvalue weighted by Gasteiger charge is 2.59. The zero-order chi connectivity index (χ0) is 12.8. The third kappa shape index (κ3) is 1.70. The largest absolute Gasteiger partial charge is 0.467 e. The van der Waals surface area contributed by atoms with Crippen LogP contribution in [0, 0.1) is 0 Å². The zero-order valence-corrected chi connectivity index (χ0v) is 10.4. The fourth-order valence-electron chi connectivity index (χ4n) is 2.43. The van der Waals surface area contributed by atoms with Gasteiger partial charge in [0.25, 0.3) is 0 Å². The van der Waals surface area contributed by atoms with E-state index < -0.39 is 10.9 Å². The molecule has 0 bridgehead atoms. The van der Waals surface area contributed by atoms with Gasteiger partial charge in [0.15, 0.2) is 0 Å². The molecule has 1 aliphatic heterocycles. The number of carbonyl (C=O) groups excluding carboxylic acids is 2. The van der Waals surface area contributed by atoms with Crippen LogP contribution in [-0.2, 0) is 16.1 Å². The Labute approximate surface area is 109 Å². The van der Waals surface area contributed by atoms with Gasteiger partial charge in [-0.25, -0.2) is 0 Å². The smallest absolute Gasteiger partial charge is 0.242 e. The number of rotatable bonds is 2. The lowest BCUT2D eigenvalue weighted by atomic mass is 10.1. The molecule has 1 aromatic heterocycles. The minimum absolute atomic E-state index is 0.00448. The van der Waals surface area contributed by atoms with Gasteiger partial charge in [0, 0.05) is 0 Å². The number of alkyl halides is 1. The molecule has 1 aromatic rings. The van der Waals surface area contributed by atoms with E-state index in [1.807, 2.05) is 6.07 Å². The Bertz CT molecular complexity index is 482. The number of hydrogen-bond acceptors (Lipinski definition) is 3. The summed E-state index contributed by atoms with van der Waals surface area (Å²) in [6, 6.07) is 3.59. The summed E-state index contributed by atoms with van der Waals surface area (Å²) < 4.78 is 5.27. The molecule has 1 saturated carbocycles. The van der Waals surface area contributed by atoms with Crippen LogP contribution in [0.25, 0.3) is 0 Å². The van der Waals surface area contributed by atoms with Crippen molar-refractivity contribution in [3.63, 3.8) is 0 Å². The van der Waals surface area contributed by atoms with E-state index in [0.717, 1.165) is 12.8 Å². The second-order valence-electron chi connectivity index (χ2n) is 4.74. The topological polar surface area (TPSA) is 62.6 Å². The van der Waals surface area contributed by atoms with Gasteiger partial charge in [-0.3, -0.25) is 9.59 Å². The lowest BCUT2D eigenvalue weighted by molar-refractivity contribution is -0.133. The van der Waals surface area contributed by atoms with Gasteiger partial charge < -0.3 is 14.6 Å². The van der Waals surface area contributed by atoms with Crippen molar-refractivity contribution >= 4 is 23.4 Å². The van der Waals surface area contributed by atoms with Crippen LogP contribution < -0.4 is 5.32 Å². The highest BCUT2D eigenvalue weighted by Crippen LogP contribution is 2.48. The standard InChI is InChI=1S/C12H13ClN2O3/c13-10-11(17)14-6-9(16)15(12(10)3-4-12)7-8-2-1-5-18-8/h1-2,5,10H,3-4,6-7H2,(H,14,17). The lowest BCUT2D eigenvalue weighted by Gasteiger charge is -2.30. The number of amides is 2. The van der Waals surface area contributed by atoms with Gasteiger partial charge in [-0.2, -0.15) is 0 Å². The predicted octanol–water partition coefficient (Wildman–Crippen LogP) is 0.878. The Balaban J connectivity index is 1.90. The number of nitrogens with one attached hydrogen (secondary N) is 1. The van der Waals surface area contributed by atoms with Crippen LogP contribution in [0.15, 0.2) is 22.8 Å². The third-order valence-corrected chi connectivity index (χ3v) is 4.22. The summed E-state index contributed by atoms with van der Waals surface area (Å²) in [5, 5.41) is 1.87. The first-order valence-electron chi connectivity index (χ1n) is 5.88. The van der Waals surface area contributed by atoms with E-state index >= 15 is 0 Å². The van der Waals surface area contributed by atoms with E-state index in [1.54, 1.807) is 17.2 Å². The van der Waals surface area contributed by atoms with Gasteiger partial charge in [0.2, 0.25) is 11.8 Å². The molecule has 2 amide bonds. The van der Waals surface area contributed by atoms with Crippen molar-refractivity contribution in [2.45, 2.75) is 30.3 Å². The summed E-state index contributed by atoms with van der Waals surface area (Å²) >= 11 is 6.19. The Morgan fingerprint density at radius 2 is 2.28 bits per heavy atom. The van der Waals surface area contributed by atoms with Crippen molar-refractivity contribution < 1.29 is 14.0 Å². The molecule has 6 heteroatoms. The van der Waals surface area contributed by atoms with Gasteiger partial charge in [-0.1, -0.05) is 0 Å². The maximum absolute atomic E-state index is 12.1. The van der Waals surface area contributed by atoms with Crippen molar-refractivity contribution in [2.75, 3.05) is 6.54 Å². The zero-order valence-electron chi connectivity index (χ0n) is 9.69. The molecule has 1 aliphatic carbocycles. The minimum Gasteiger partial charge on any atom is -0.467 e. The molecular formula is C12H13ClN2O3. The molecule has 0 radical (unpaired) electrons. The molecule has 18 heavy (non-hydrogen) atoms. The Kier molecular flexibility index (Phi) is 2.59. The fraction of sp³-hybridized carbons (Fsp3) is 0.500. The highest BCUT2D eigenvalue weighted by molar-refractivity contribution is 6.32. The molecule has 5 nitrogen and oxygen atoms in total. The van der Waals surface area contributed by atoms with Crippen LogP contribution in [0.1, 0.15) is 18.6 Å². The summed E-state index contributed by atoms with van der Waals surface area (Å²) in [4.78, 5) is 25.5. The van der Waals surface area contributed by atoms with Crippen molar-refractivity contribution in [2.24, 2.45) is 0 Å². The average Bonchev–Trinajstić information content (AvgIpc) is 3.02. The van der Waals surface area contributed by atoms with E-state index in [4.69, 9.17) is 16.0 Å². The summed E-state index contributed by atoms with van der Waals surface area (Å²) in [5.74, 6) is 0.331. The maximum atomic E-state index is 12.1. The third-order valence-electron chi connectivity index (χ3n) is 3.61. The van der Waals surface area contributed by atoms with Crippen molar-refractivity contribution in [3.8, 4) is 0 Å². The molecule has 1 atom stereocenters. The Hall–Kier alpha value is -1.49. The van der Waals surface area contributed by atoms with E-state index in [9.17, 15) is 9.59 Å². The second-order valence-corrected chi connectivity index (χ2v) is 5.18. The van der Waals surface area contributed by atoms with Crippen LogP contribution in [0.4, 0.5) is 0 Å². The molecule has 96 valence electrons. The molecule has 3 rings (SSSR count). The molecular weight excluding hydrogens is 256 g/mol. The molecule has 1 spiro atoms. The number of nitrogens with zero attached hydrogens (tertiary/aromatic N) is 1. The van der Waals surface area contributed by atoms with Crippen molar-refractivity contribution in [3.05, 3.63) is 24.2 Å². The summed E-state index contributed by atoms with van der Waals surface area (Å²) in [6.07, 6.45) is 3.10. The molecule has 1 unspecified atom stereocenters. The van der Waals surface area contributed by atoms with Gasteiger partial charge in [0.05, 0.1) is 24.9 Å². The van der Waals surface area contributed by atoms with Crippen LogP contribution in [0.3, 0.4) is 0 Å². The average molecular weight is 269 g/mol. The molecule has 1 saturated heterocycles. The predicted molar refractivity (Wildman–Crippen MR) is 63.9 cm³/mol. The van der Waals surface area contributed by atoms with Gasteiger partial charge >= 0.3 is 0 Å². The molecule has 2 aliphatic rings. The summed E-state index contributed by atoms with van der Waals surface area (Å²) in [5.41, 5.74) is -0.522. The molecule has 2 heterocycles. The van der Waals surface area contributed by atoms with Gasteiger partial charge in [0.1, 0.15) is 11.1 Å². The van der Waals surface area contributed by atoms with Crippen molar-refractivity contribution in [1.82, 2.24) is 10.2 Å². The summed E-state index contributed by atoms with van der Waals surface area (Å²) in [7, 11) is 0. The quantitative estimate of drug-likeness (QED) is 0.810. The number of halogens is 1. The normalized spacial score (nSPS) is 26.1. The maximum Gasteiger partial charge on any atom is 0.242 e. The first-order chi connectivity index (χ1) is 8.63. The number of furan rings is 1. The highest BCUT2D eigenvalue weighted by atomic mass is 35.5. The monoisotopic (exact) mass is 268 g/mol. The van der Waals surface area contributed by atoms with Crippen molar-refractivity contribution in [1.29, 1.82) is 0 Å².